The summed E-state index contributed by atoms with van der Waals surface area (Å²) < 4.78 is 4.68. The Bertz CT molecular complexity index is 443. The van der Waals surface area contributed by atoms with Gasteiger partial charge in [0.2, 0.25) is 5.91 Å². The Kier molecular flexibility index (Phi) is 6.01. The Balaban J connectivity index is 2.49. The second-order valence-corrected chi connectivity index (χ2v) is 4.64. The van der Waals surface area contributed by atoms with Crippen LogP contribution in [0.5, 0.6) is 0 Å². The largest absolute Gasteiger partial charge is 0.479 e. The molecule has 0 saturated carbocycles. The van der Waals surface area contributed by atoms with Gasteiger partial charge in [0, 0.05) is 11.3 Å². The Hall–Kier alpha value is -1.89. The van der Waals surface area contributed by atoms with Crippen LogP contribution >= 0.6 is 11.3 Å². The molecule has 0 aromatic carbocycles. The van der Waals surface area contributed by atoms with Crippen LogP contribution in [0, 0.1) is 0 Å². The Morgan fingerprint density at radius 3 is 2.68 bits per heavy atom. The molecule has 1 amide bonds. The molecule has 1 rings (SSSR count). The monoisotopic (exact) mass is 285 g/mol. The van der Waals surface area contributed by atoms with Crippen molar-refractivity contribution in [1.29, 1.82) is 0 Å². The van der Waals surface area contributed by atoms with Gasteiger partial charge in [-0.3, -0.25) is 9.59 Å². The average Bonchev–Trinajstić information content (AvgIpc) is 2.87. The van der Waals surface area contributed by atoms with Gasteiger partial charge in [0.15, 0.2) is 6.04 Å². The smallest absolute Gasteiger partial charge is 0.331 e. The Morgan fingerprint density at radius 2 is 2.16 bits per heavy atom. The van der Waals surface area contributed by atoms with E-state index in [0.29, 0.717) is 4.88 Å². The minimum absolute atomic E-state index is 0.0591. The van der Waals surface area contributed by atoms with Crippen molar-refractivity contribution in [1.82, 2.24) is 5.32 Å². The second-order valence-electron chi connectivity index (χ2n) is 3.66. The number of ether oxygens (including phenoxy) is 1. The van der Waals surface area contributed by atoms with Crippen LogP contribution in [-0.4, -0.2) is 29.6 Å². The molecule has 0 aliphatic heterocycles. The third-order valence-corrected chi connectivity index (χ3v) is 3.18. The standard InChI is InChI=1S/C12H15NO5S/c1-2-18-10(15)6-5-9(14)13-11(12(16)17)8-4-3-7-19-8/h3-4,7,11H,2,5-6H2,1H3,(H,13,14)(H,16,17). The summed E-state index contributed by atoms with van der Waals surface area (Å²) in [5.41, 5.74) is 0. The van der Waals surface area contributed by atoms with Gasteiger partial charge < -0.3 is 15.2 Å². The highest BCUT2D eigenvalue weighted by Gasteiger charge is 2.23. The summed E-state index contributed by atoms with van der Waals surface area (Å²) >= 11 is 1.25. The van der Waals surface area contributed by atoms with E-state index >= 15 is 0 Å². The van der Waals surface area contributed by atoms with Crippen molar-refractivity contribution < 1.29 is 24.2 Å². The van der Waals surface area contributed by atoms with Gasteiger partial charge in [0.25, 0.3) is 0 Å². The summed E-state index contributed by atoms with van der Waals surface area (Å²) in [6, 6.07) is 2.27. The number of thiophene rings is 1. The number of amides is 1. The minimum atomic E-state index is -1.13. The van der Waals surface area contributed by atoms with Crippen LogP contribution < -0.4 is 5.32 Å². The van der Waals surface area contributed by atoms with Gasteiger partial charge in [-0.1, -0.05) is 6.07 Å². The molecule has 7 heteroatoms. The number of carboxylic acid groups (broad SMARTS) is 1. The lowest BCUT2D eigenvalue weighted by atomic mass is 10.2. The fourth-order valence-electron chi connectivity index (χ4n) is 1.39. The van der Waals surface area contributed by atoms with Gasteiger partial charge in [-0.15, -0.1) is 11.3 Å². The summed E-state index contributed by atoms with van der Waals surface area (Å²) in [5.74, 6) is -2.10. The molecule has 0 spiro atoms. The molecular formula is C12H15NO5S. The number of nitrogens with one attached hydrogen (secondary N) is 1. The maximum Gasteiger partial charge on any atom is 0.331 e. The molecule has 0 aliphatic carbocycles. The molecule has 1 aromatic rings. The van der Waals surface area contributed by atoms with Gasteiger partial charge in [-0.25, -0.2) is 4.79 Å². The first-order valence-corrected chi connectivity index (χ1v) is 6.63. The Morgan fingerprint density at radius 1 is 1.42 bits per heavy atom. The van der Waals surface area contributed by atoms with E-state index in [1.165, 1.54) is 11.3 Å². The average molecular weight is 285 g/mol. The molecule has 1 unspecified atom stereocenters. The first kappa shape index (κ1) is 15.2. The molecule has 0 saturated heterocycles. The van der Waals surface area contributed by atoms with Crippen molar-refractivity contribution in [2.24, 2.45) is 0 Å². The summed E-state index contributed by atoms with van der Waals surface area (Å²) in [7, 11) is 0. The highest BCUT2D eigenvalue weighted by molar-refractivity contribution is 7.10. The predicted octanol–water partition coefficient (Wildman–Crippen LogP) is 1.33. The third kappa shape index (κ3) is 5.09. The van der Waals surface area contributed by atoms with Crippen molar-refractivity contribution in [2.75, 3.05) is 6.61 Å². The molecule has 1 aromatic heterocycles. The van der Waals surface area contributed by atoms with Crippen molar-refractivity contribution in [3.8, 4) is 0 Å². The van der Waals surface area contributed by atoms with Crippen molar-refractivity contribution in [3.63, 3.8) is 0 Å². The molecule has 0 bridgehead atoms. The summed E-state index contributed by atoms with van der Waals surface area (Å²) in [4.78, 5) is 34.3. The van der Waals surface area contributed by atoms with Gasteiger partial charge >= 0.3 is 11.9 Å². The zero-order chi connectivity index (χ0) is 14.3. The lowest BCUT2D eigenvalue weighted by Gasteiger charge is -2.12. The van der Waals surface area contributed by atoms with Crippen LogP contribution in [0.1, 0.15) is 30.7 Å². The molecule has 0 fully saturated rings. The van der Waals surface area contributed by atoms with E-state index in [-0.39, 0.29) is 19.4 Å². The summed E-state index contributed by atoms with van der Waals surface area (Å²) in [6.07, 6.45) is -0.148. The van der Waals surface area contributed by atoms with Gasteiger partial charge in [0.1, 0.15) is 0 Å². The van der Waals surface area contributed by atoms with Gasteiger partial charge in [-0.2, -0.15) is 0 Å². The SMILES string of the molecule is CCOC(=O)CCC(=O)NC(C(=O)O)c1cccs1. The van der Waals surface area contributed by atoms with Crippen LogP contribution in [-0.2, 0) is 19.1 Å². The molecule has 0 radical (unpaired) electrons. The minimum Gasteiger partial charge on any atom is -0.479 e. The number of hydrogen-bond acceptors (Lipinski definition) is 5. The maximum absolute atomic E-state index is 11.6. The van der Waals surface area contributed by atoms with Crippen LogP contribution in [0.15, 0.2) is 17.5 Å². The molecule has 19 heavy (non-hydrogen) atoms. The van der Waals surface area contributed by atoms with Gasteiger partial charge in [0.05, 0.1) is 13.0 Å². The van der Waals surface area contributed by atoms with E-state index in [2.05, 4.69) is 10.1 Å². The third-order valence-electron chi connectivity index (χ3n) is 2.24. The van der Waals surface area contributed by atoms with Crippen molar-refractivity contribution in [3.05, 3.63) is 22.4 Å². The van der Waals surface area contributed by atoms with E-state index < -0.39 is 23.9 Å². The number of aliphatic carboxylic acids is 1. The molecular weight excluding hydrogens is 270 g/mol. The van der Waals surface area contributed by atoms with Crippen LogP contribution in [0.25, 0.3) is 0 Å². The number of carbonyl (C=O) groups excluding carboxylic acids is 2. The first-order chi connectivity index (χ1) is 9.04. The summed E-state index contributed by atoms with van der Waals surface area (Å²) in [6.45, 7) is 1.93. The Labute approximate surface area is 114 Å². The van der Waals surface area contributed by atoms with E-state index in [4.69, 9.17) is 5.11 Å². The second kappa shape index (κ2) is 7.52. The predicted molar refractivity (Wildman–Crippen MR) is 68.7 cm³/mol. The molecule has 6 nitrogen and oxygen atoms in total. The number of hydrogen-bond donors (Lipinski definition) is 2. The zero-order valence-corrected chi connectivity index (χ0v) is 11.2. The molecule has 104 valence electrons. The fourth-order valence-corrected chi connectivity index (χ4v) is 2.16. The van der Waals surface area contributed by atoms with Crippen LogP contribution in [0.3, 0.4) is 0 Å². The van der Waals surface area contributed by atoms with Crippen molar-refractivity contribution in [2.45, 2.75) is 25.8 Å². The molecule has 1 atom stereocenters. The van der Waals surface area contributed by atoms with Crippen LogP contribution in [0.2, 0.25) is 0 Å². The summed E-state index contributed by atoms with van der Waals surface area (Å²) in [5, 5.41) is 13.2. The topological polar surface area (TPSA) is 92.7 Å². The normalized spacial score (nSPS) is 11.6. The van der Waals surface area contributed by atoms with Crippen molar-refractivity contribution >= 4 is 29.2 Å². The van der Waals surface area contributed by atoms with E-state index in [0.717, 1.165) is 0 Å². The number of carbonyl (C=O) groups is 3. The maximum atomic E-state index is 11.6. The highest BCUT2D eigenvalue weighted by atomic mass is 32.1. The van der Waals surface area contributed by atoms with Gasteiger partial charge in [-0.05, 0) is 18.4 Å². The number of carboxylic acids is 1. The highest BCUT2D eigenvalue weighted by Crippen LogP contribution is 2.19. The first-order valence-electron chi connectivity index (χ1n) is 5.75. The lowest BCUT2D eigenvalue weighted by molar-refractivity contribution is -0.144. The van der Waals surface area contributed by atoms with E-state index in [1.54, 1.807) is 24.4 Å². The van der Waals surface area contributed by atoms with E-state index in [9.17, 15) is 14.4 Å². The quantitative estimate of drug-likeness (QED) is 0.737. The molecule has 0 aliphatic rings. The molecule has 2 N–H and O–H groups in total. The number of esters is 1. The lowest BCUT2D eigenvalue weighted by Crippen LogP contribution is -2.33. The fraction of sp³-hybridized carbons (Fsp3) is 0.417. The number of rotatable bonds is 7. The van der Waals surface area contributed by atoms with Crippen LogP contribution in [0.4, 0.5) is 0 Å². The molecule has 1 heterocycles. The zero-order valence-electron chi connectivity index (χ0n) is 10.4. The van der Waals surface area contributed by atoms with E-state index in [1.807, 2.05) is 0 Å².